The summed E-state index contributed by atoms with van der Waals surface area (Å²) >= 11 is 5.74. The van der Waals surface area contributed by atoms with Gasteiger partial charge in [-0.05, 0) is 42.5 Å². The number of benzene rings is 2. The fraction of sp³-hybridized carbons (Fsp3) is 0.167. The van der Waals surface area contributed by atoms with Crippen molar-refractivity contribution >= 4 is 35.0 Å². The van der Waals surface area contributed by atoms with Crippen molar-refractivity contribution in [3.63, 3.8) is 0 Å². The topological polar surface area (TPSA) is 122 Å². The minimum atomic E-state index is -0.718. The second kappa shape index (κ2) is 9.30. The number of H-pyrrole nitrogens is 1. The molecule has 180 valence electrons. The highest BCUT2D eigenvalue weighted by molar-refractivity contribution is 6.30. The molecular formula is C24H22ClF2N7O. The number of halogens is 3. The average molecular weight is 498 g/mol. The van der Waals surface area contributed by atoms with E-state index in [0.29, 0.717) is 22.9 Å². The van der Waals surface area contributed by atoms with Gasteiger partial charge in [-0.2, -0.15) is 0 Å². The van der Waals surface area contributed by atoms with Gasteiger partial charge in [-0.15, -0.1) is 0 Å². The Labute approximate surface area is 205 Å². The molecular weight excluding hydrogens is 476 g/mol. The lowest BCUT2D eigenvalue weighted by Crippen LogP contribution is -2.20. The van der Waals surface area contributed by atoms with Gasteiger partial charge >= 0.3 is 6.03 Å². The Morgan fingerprint density at radius 1 is 1.03 bits per heavy atom. The van der Waals surface area contributed by atoms with Crippen molar-refractivity contribution in [2.75, 3.05) is 16.4 Å². The summed E-state index contributed by atoms with van der Waals surface area (Å²) < 4.78 is 29.0. The molecule has 0 spiro atoms. The number of urea groups is 1. The zero-order valence-electron chi connectivity index (χ0n) is 19.1. The fourth-order valence-electron chi connectivity index (χ4n) is 3.28. The molecule has 0 unspecified atom stereocenters. The fourth-order valence-corrected chi connectivity index (χ4v) is 3.44. The molecule has 0 bridgehead atoms. The number of imidazole rings is 1. The molecule has 2 aromatic heterocycles. The van der Waals surface area contributed by atoms with E-state index in [-0.39, 0.29) is 33.3 Å². The quantitative estimate of drug-likeness (QED) is 0.276. The van der Waals surface area contributed by atoms with Gasteiger partial charge in [0, 0.05) is 27.9 Å². The van der Waals surface area contributed by atoms with Crippen LogP contribution in [0.25, 0.3) is 22.6 Å². The summed E-state index contributed by atoms with van der Waals surface area (Å²) in [6.07, 6.45) is 1.49. The molecule has 0 saturated carbocycles. The Morgan fingerprint density at radius 3 is 2.49 bits per heavy atom. The van der Waals surface area contributed by atoms with Gasteiger partial charge in [0.05, 0.1) is 17.1 Å². The van der Waals surface area contributed by atoms with Crippen molar-refractivity contribution in [1.82, 2.24) is 19.9 Å². The molecule has 0 aliphatic heterocycles. The molecule has 2 aromatic carbocycles. The highest BCUT2D eigenvalue weighted by Gasteiger charge is 2.25. The smallest absolute Gasteiger partial charge is 0.323 e. The number of nitrogens with one attached hydrogen (secondary N) is 3. The summed E-state index contributed by atoms with van der Waals surface area (Å²) in [6.45, 7) is 5.88. The molecule has 4 rings (SSSR count). The van der Waals surface area contributed by atoms with Crippen LogP contribution in [0.4, 0.5) is 30.9 Å². The van der Waals surface area contributed by atoms with Crippen LogP contribution in [0.3, 0.4) is 0 Å². The largest absolute Gasteiger partial charge is 0.368 e. The van der Waals surface area contributed by atoms with E-state index in [1.807, 2.05) is 20.8 Å². The molecule has 11 heteroatoms. The Hall–Kier alpha value is -4.05. The van der Waals surface area contributed by atoms with Crippen LogP contribution < -0.4 is 16.4 Å². The SMILES string of the molecule is CC(C)(C)c1nc(-c2cc(NC(=O)Nc3ccc(Cl)cc3F)ccc2F)c(-c2ccnc(N)n2)[nH]1. The van der Waals surface area contributed by atoms with Crippen molar-refractivity contribution in [3.05, 3.63) is 71.1 Å². The van der Waals surface area contributed by atoms with Gasteiger partial charge in [0.15, 0.2) is 0 Å². The molecule has 0 atom stereocenters. The highest BCUT2D eigenvalue weighted by atomic mass is 35.5. The molecule has 0 aliphatic rings. The number of nitrogens with two attached hydrogens (primary N) is 1. The molecule has 0 saturated heterocycles. The van der Waals surface area contributed by atoms with Gasteiger partial charge in [0.25, 0.3) is 0 Å². The lowest BCUT2D eigenvalue weighted by molar-refractivity contribution is 0.262. The van der Waals surface area contributed by atoms with E-state index in [1.165, 1.54) is 36.5 Å². The number of hydrogen-bond donors (Lipinski definition) is 4. The number of carbonyl (C=O) groups is 1. The third-order valence-electron chi connectivity index (χ3n) is 5.00. The Balaban J connectivity index is 1.70. The molecule has 5 N–H and O–H groups in total. The number of nitrogen functional groups attached to an aromatic ring is 1. The van der Waals surface area contributed by atoms with Crippen LogP contribution in [-0.4, -0.2) is 26.0 Å². The number of amides is 2. The first-order valence-electron chi connectivity index (χ1n) is 10.5. The van der Waals surface area contributed by atoms with Crippen molar-refractivity contribution < 1.29 is 13.6 Å². The van der Waals surface area contributed by atoms with Crippen LogP contribution in [0.15, 0.2) is 48.7 Å². The van der Waals surface area contributed by atoms with E-state index in [1.54, 1.807) is 6.07 Å². The molecule has 0 fully saturated rings. The molecule has 0 aliphatic carbocycles. The van der Waals surface area contributed by atoms with Gasteiger partial charge in [0.2, 0.25) is 5.95 Å². The number of anilines is 3. The first-order valence-corrected chi connectivity index (χ1v) is 10.9. The number of hydrogen-bond acceptors (Lipinski definition) is 5. The minimum absolute atomic E-state index is 0.0556. The van der Waals surface area contributed by atoms with Crippen LogP contribution in [0.2, 0.25) is 5.02 Å². The monoisotopic (exact) mass is 497 g/mol. The first-order chi connectivity index (χ1) is 16.5. The molecule has 8 nitrogen and oxygen atoms in total. The Morgan fingerprint density at radius 2 is 1.80 bits per heavy atom. The molecule has 2 amide bonds. The van der Waals surface area contributed by atoms with E-state index in [2.05, 4.69) is 30.6 Å². The van der Waals surface area contributed by atoms with Crippen LogP contribution in [0.5, 0.6) is 0 Å². The number of aromatic nitrogens is 4. The van der Waals surface area contributed by atoms with E-state index in [9.17, 15) is 9.18 Å². The summed E-state index contributed by atoms with van der Waals surface area (Å²) in [4.78, 5) is 28.4. The zero-order valence-corrected chi connectivity index (χ0v) is 19.8. The minimum Gasteiger partial charge on any atom is -0.368 e. The van der Waals surface area contributed by atoms with E-state index >= 15 is 4.39 Å². The second-order valence-electron chi connectivity index (χ2n) is 8.76. The maximum absolute atomic E-state index is 15.0. The average Bonchev–Trinajstić information content (AvgIpc) is 3.23. The number of nitrogens with zero attached hydrogens (tertiary/aromatic N) is 3. The van der Waals surface area contributed by atoms with E-state index in [4.69, 9.17) is 17.3 Å². The summed E-state index contributed by atoms with van der Waals surface area (Å²) in [6, 6.07) is 8.81. The van der Waals surface area contributed by atoms with Gasteiger partial charge in [-0.1, -0.05) is 32.4 Å². The lowest BCUT2D eigenvalue weighted by Gasteiger charge is -2.14. The normalized spacial score (nSPS) is 11.4. The zero-order chi connectivity index (χ0) is 25.3. The maximum atomic E-state index is 15.0. The number of carbonyl (C=O) groups excluding carboxylic acids is 1. The Kier molecular flexibility index (Phi) is 6.40. The Bertz CT molecular complexity index is 1420. The van der Waals surface area contributed by atoms with Crippen molar-refractivity contribution in [2.45, 2.75) is 26.2 Å². The van der Waals surface area contributed by atoms with Gasteiger partial charge in [0.1, 0.15) is 23.2 Å². The predicted molar refractivity (Wildman–Crippen MR) is 132 cm³/mol. The third kappa shape index (κ3) is 5.38. The highest BCUT2D eigenvalue weighted by Crippen LogP contribution is 2.35. The lowest BCUT2D eigenvalue weighted by atomic mass is 9.96. The first kappa shape index (κ1) is 24.1. The summed E-state index contributed by atoms with van der Waals surface area (Å²) in [5, 5.41) is 5.17. The van der Waals surface area contributed by atoms with E-state index < -0.39 is 17.7 Å². The maximum Gasteiger partial charge on any atom is 0.323 e. The summed E-state index contributed by atoms with van der Waals surface area (Å²) in [5.74, 6) is -0.585. The molecule has 4 aromatic rings. The van der Waals surface area contributed by atoms with Crippen molar-refractivity contribution in [2.24, 2.45) is 0 Å². The summed E-state index contributed by atoms with van der Waals surface area (Å²) in [7, 11) is 0. The van der Waals surface area contributed by atoms with Gasteiger partial charge in [-0.25, -0.2) is 28.5 Å². The van der Waals surface area contributed by atoms with Crippen molar-refractivity contribution in [3.8, 4) is 22.6 Å². The van der Waals surface area contributed by atoms with Crippen LogP contribution in [0.1, 0.15) is 26.6 Å². The number of rotatable bonds is 4. The van der Waals surface area contributed by atoms with Crippen molar-refractivity contribution in [1.29, 1.82) is 0 Å². The van der Waals surface area contributed by atoms with Crippen LogP contribution in [0, 0.1) is 11.6 Å². The number of aromatic amines is 1. The van der Waals surface area contributed by atoms with Gasteiger partial charge in [-0.3, -0.25) is 0 Å². The predicted octanol–water partition coefficient (Wildman–Crippen LogP) is 5.99. The third-order valence-corrected chi connectivity index (χ3v) is 5.24. The van der Waals surface area contributed by atoms with Crippen LogP contribution >= 0.6 is 11.6 Å². The second-order valence-corrected chi connectivity index (χ2v) is 9.19. The standard InChI is InChI=1S/C24H22ClF2N7O/c1-24(2,3)21-33-19(20(34-21)18-8-9-29-22(28)31-18)14-11-13(5-6-15(14)26)30-23(35)32-17-7-4-12(25)10-16(17)27/h4-11H,1-3H3,(H,33,34)(H2,28,29,31)(H2,30,32,35). The molecule has 2 heterocycles. The molecule has 35 heavy (non-hydrogen) atoms. The molecule has 0 radical (unpaired) electrons. The van der Waals surface area contributed by atoms with Gasteiger partial charge < -0.3 is 21.4 Å². The van der Waals surface area contributed by atoms with Crippen LogP contribution in [-0.2, 0) is 5.41 Å². The van der Waals surface area contributed by atoms with E-state index in [0.717, 1.165) is 6.07 Å². The summed E-state index contributed by atoms with van der Waals surface area (Å²) in [5.41, 5.74) is 6.89.